The van der Waals surface area contributed by atoms with E-state index in [0.717, 1.165) is 4.47 Å². The number of nitrogens with two attached hydrogens (primary N) is 1. The molecule has 0 saturated heterocycles. The second-order valence-corrected chi connectivity index (χ2v) is 4.80. The monoisotopic (exact) mass is 324 g/mol. The molecule has 0 spiro atoms. The van der Waals surface area contributed by atoms with Crippen LogP contribution in [0.1, 0.15) is 6.42 Å². The molecule has 2 rings (SSSR count). The zero-order chi connectivity index (χ0) is 13.8. The fourth-order valence-electron chi connectivity index (χ4n) is 1.60. The van der Waals surface area contributed by atoms with E-state index in [4.69, 9.17) is 5.73 Å². The van der Waals surface area contributed by atoms with Crippen molar-refractivity contribution in [2.45, 2.75) is 6.42 Å². The fourth-order valence-corrected chi connectivity index (χ4v) is 1.86. The molecule has 0 bridgehead atoms. The molecule has 0 aliphatic heterocycles. The Morgan fingerprint density at radius 2 is 1.89 bits per heavy atom. The van der Waals surface area contributed by atoms with Crippen molar-refractivity contribution < 1.29 is 8.78 Å². The van der Waals surface area contributed by atoms with Crippen molar-refractivity contribution in [3.05, 3.63) is 64.2 Å². The van der Waals surface area contributed by atoms with Crippen molar-refractivity contribution >= 4 is 27.5 Å². The number of hydrogen-bond acceptors (Lipinski definition) is 1. The first-order valence-electron chi connectivity index (χ1n) is 5.60. The van der Waals surface area contributed by atoms with Crippen LogP contribution in [0.15, 0.2) is 69.2 Å². The van der Waals surface area contributed by atoms with Gasteiger partial charge in [-0.25, -0.2) is 13.8 Å². The van der Waals surface area contributed by atoms with E-state index in [-0.39, 0.29) is 11.4 Å². The minimum absolute atomic E-state index is 0.180. The van der Waals surface area contributed by atoms with Crippen molar-refractivity contribution in [2.75, 3.05) is 0 Å². The summed E-state index contributed by atoms with van der Waals surface area (Å²) in [5.74, 6) is -1.59. The maximum absolute atomic E-state index is 13.7. The van der Waals surface area contributed by atoms with Gasteiger partial charge in [0.05, 0.1) is 11.3 Å². The van der Waals surface area contributed by atoms with E-state index in [9.17, 15) is 8.78 Å². The van der Waals surface area contributed by atoms with Gasteiger partial charge in [-0.1, -0.05) is 22.0 Å². The van der Waals surface area contributed by atoms with Gasteiger partial charge in [-0.2, -0.15) is 0 Å². The minimum atomic E-state index is -0.718. The van der Waals surface area contributed by atoms with E-state index in [1.807, 2.05) is 0 Å². The van der Waals surface area contributed by atoms with E-state index in [1.165, 1.54) is 18.2 Å². The maximum Gasteiger partial charge on any atom is 0.137 e. The van der Waals surface area contributed by atoms with Crippen LogP contribution in [-0.2, 0) is 0 Å². The van der Waals surface area contributed by atoms with Crippen molar-refractivity contribution in [2.24, 2.45) is 10.7 Å². The number of nitrogens with zero attached hydrogens (tertiary/aromatic N) is 1. The normalized spacial score (nSPS) is 16.4. The van der Waals surface area contributed by atoms with Crippen LogP contribution in [-0.4, -0.2) is 5.84 Å². The standard InChI is InChI=1S/C14H11BrF2N2/c15-9-5-7-10(8-6-9)19-14(18)13-11(16)3-1-2-4-12(13)17/h1,3-8H,2H2,(H2,18,19). The van der Waals surface area contributed by atoms with Crippen LogP contribution in [0, 0.1) is 0 Å². The summed E-state index contributed by atoms with van der Waals surface area (Å²) >= 11 is 3.29. The number of allylic oxidation sites excluding steroid dienone is 4. The third-order valence-electron chi connectivity index (χ3n) is 2.51. The summed E-state index contributed by atoms with van der Waals surface area (Å²) in [4.78, 5) is 4.03. The van der Waals surface area contributed by atoms with Gasteiger partial charge in [-0.15, -0.1) is 0 Å². The average molecular weight is 325 g/mol. The van der Waals surface area contributed by atoms with Crippen molar-refractivity contribution in [3.63, 3.8) is 0 Å². The van der Waals surface area contributed by atoms with Gasteiger partial charge < -0.3 is 5.73 Å². The lowest BCUT2D eigenvalue weighted by Crippen LogP contribution is -2.16. The molecule has 1 aliphatic rings. The van der Waals surface area contributed by atoms with Crippen molar-refractivity contribution in [1.82, 2.24) is 0 Å². The molecule has 0 atom stereocenters. The third-order valence-corrected chi connectivity index (χ3v) is 3.04. The first-order valence-corrected chi connectivity index (χ1v) is 6.39. The molecule has 98 valence electrons. The van der Waals surface area contributed by atoms with E-state index >= 15 is 0 Å². The van der Waals surface area contributed by atoms with Crippen LogP contribution >= 0.6 is 15.9 Å². The lowest BCUT2D eigenvalue weighted by Gasteiger charge is -2.05. The summed E-state index contributed by atoms with van der Waals surface area (Å²) in [6.45, 7) is 0. The van der Waals surface area contributed by atoms with E-state index < -0.39 is 11.7 Å². The lowest BCUT2D eigenvalue weighted by molar-refractivity contribution is 0.622. The van der Waals surface area contributed by atoms with Gasteiger partial charge in [0.15, 0.2) is 0 Å². The SMILES string of the molecule is NC(=Nc1ccc(Br)cc1)C1=C(F)C=CCC=C1F. The van der Waals surface area contributed by atoms with Crippen LogP contribution < -0.4 is 5.73 Å². The Morgan fingerprint density at radius 1 is 1.21 bits per heavy atom. The molecule has 2 N–H and O–H groups in total. The first-order chi connectivity index (χ1) is 9.08. The Morgan fingerprint density at radius 3 is 2.58 bits per heavy atom. The summed E-state index contributed by atoms with van der Waals surface area (Å²) in [6, 6.07) is 6.94. The summed E-state index contributed by atoms with van der Waals surface area (Å²) in [7, 11) is 0. The Labute approximate surface area is 118 Å². The van der Waals surface area contributed by atoms with Crippen LogP contribution in [0.3, 0.4) is 0 Å². The van der Waals surface area contributed by atoms with Crippen LogP contribution in [0.25, 0.3) is 0 Å². The molecule has 0 amide bonds. The summed E-state index contributed by atoms with van der Waals surface area (Å²) in [6.07, 6.45) is 4.31. The highest BCUT2D eigenvalue weighted by molar-refractivity contribution is 9.10. The molecule has 0 unspecified atom stereocenters. The number of halogens is 3. The van der Waals surface area contributed by atoms with Gasteiger partial charge in [0.25, 0.3) is 0 Å². The van der Waals surface area contributed by atoms with Gasteiger partial charge in [-0.05, 0) is 42.8 Å². The smallest absolute Gasteiger partial charge is 0.137 e. The zero-order valence-electron chi connectivity index (χ0n) is 9.91. The quantitative estimate of drug-likeness (QED) is 0.632. The largest absolute Gasteiger partial charge is 0.383 e. The topological polar surface area (TPSA) is 38.4 Å². The van der Waals surface area contributed by atoms with E-state index in [0.29, 0.717) is 12.1 Å². The van der Waals surface area contributed by atoms with Crippen molar-refractivity contribution in [1.29, 1.82) is 0 Å². The number of rotatable bonds is 2. The Kier molecular flexibility index (Phi) is 4.27. The Bertz CT molecular complexity index is 598. The summed E-state index contributed by atoms with van der Waals surface area (Å²) in [5, 5.41) is 0. The molecule has 1 aromatic carbocycles. The average Bonchev–Trinajstić information content (AvgIpc) is 2.53. The molecular weight excluding hydrogens is 314 g/mol. The van der Waals surface area contributed by atoms with E-state index in [1.54, 1.807) is 24.3 Å². The van der Waals surface area contributed by atoms with Crippen LogP contribution in [0.4, 0.5) is 14.5 Å². The molecule has 2 nitrogen and oxygen atoms in total. The Balaban J connectivity index is 2.40. The third kappa shape index (κ3) is 3.38. The predicted octanol–water partition coefficient (Wildman–Crippen LogP) is 4.47. The number of aliphatic imine (C=N–C) groups is 1. The van der Waals surface area contributed by atoms with Crippen LogP contribution in [0.5, 0.6) is 0 Å². The lowest BCUT2D eigenvalue weighted by atomic mass is 10.2. The molecule has 0 fully saturated rings. The maximum atomic E-state index is 13.7. The number of amidine groups is 1. The van der Waals surface area contributed by atoms with E-state index in [2.05, 4.69) is 20.9 Å². The molecule has 19 heavy (non-hydrogen) atoms. The molecular formula is C14H11BrF2N2. The first kappa shape index (κ1) is 13.7. The van der Waals surface area contributed by atoms with Gasteiger partial charge in [-0.3, -0.25) is 0 Å². The highest BCUT2D eigenvalue weighted by Gasteiger charge is 2.16. The van der Waals surface area contributed by atoms with Gasteiger partial charge in [0, 0.05) is 4.47 Å². The molecule has 0 heterocycles. The summed E-state index contributed by atoms with van der Waals surface area (Å²) in [5.41, 5.74) is 5.93. The molecule has 0 aromatic heterocycles. The highest BCUT2D eigenvalue weighted by Crippen LogP contribution is 2.24. The molecule has 5 heteroatoms. The van der Waals surface area contributed by atoms with Gasteiger partial charge in [0.2, 0.25) is 0 Å². The molecule has 0 saturated carbocycles. The fraction of sp³-hybridized carbons (Fsp3) is 0.0714. The van der Waals surface area contributed by atoms with Gasteiger partial charge >= 0.3 is 0 Å². The molecule has 0 radical (unpaired) electrons. The van der Waals surface area contributed by atoms with Gasteiger partial charge in [0.1, 0.15) is 17.5 Å². The number of benzene rings is 1. The molecule has 1 aliphatic carbocycles. The number of hydrogen-bond donors (Lipinski definition) is 1. The van der Waals surface area contributed by atoms with Crippen LogP contribution in [0.2, 0.25) is 0 Å². The second-order valence-electron chi connectivity index (χ2n) is 3.89. The zero-order valence-corrected chi connectivity index (χ0v) is 11.5. The minimum Gasteiger partial charge on any atom is -0.383 e. The highest BCUT2D eigenvalue weighted by atomic mass is 79.9. The van der Waals surface area contributed by atoms with Crippen molar-refractivity contribution in [3.8, 4) is 0 Å². The predicted molar refractivity (Wildman–Crippen MR) is 76.5 cm³/mol. The second kappa shape index (κ2) is 5.93. The molecule has 1 aromatic rings. The summed E-state index contributed by atoms with van der Waals surface area (Å²) < 4.78 is 28.3. The Hall–Kier alpha value is -1.75.